The molecule has 672 valence electrons. The van der Waals surface area contributed by atoms with Gasteiger partial charge in [-0.15, -0.1) is 0 Å². The minimum absolute atomic E-state index is 0.0855. The van der Waals surface area contributed by atoms with E-state index in [1.54, 1.807) is 119 Å². The van der Waals surface area contributed by atoms with Crippen molar-refractivity contribution in [3.05, 3.63) is 245 Å². The number of pyridine rings is 2. The zero-order chi connectivity index (χ0) is 91.0. The maximum atomic E-state index is 14.6. The highest BCUT2D eigenvalue weighted by Gasteiger charge is 2.41. The quantitative estimate of drug-likeness (QED) is 0.0568. The Labute approximate surface area is 758 Å². The van der Waals surface area contributed by atoms with Gasteiger partial charge in [-0.2, -0.15) is 20.1 Å². The largest absolute Gasteiger partial charge is 0.495 e. The second-order valence-corrected chi connectivity index (χ2v) is 33.7. The summed E-state index contributed by atoms with van der Waals surface area (Å²) >= 11 is 0. The molecule has 6 aliphatic heterocycles. The van der Waals surface area contributed by atoms with Gasteiger partial charge >= 0.3 is 18.1 Å². The summed E-state index contributed by atoms with van der Waals surface area (Å²) in [7, 11) is 13.2. The lowest BCUT2D eigenvalue weighted by molar-refractivity contribution is -0.129. The minimum atomic E-state index is -0.239. The number of likely N-dealkylation sites (N-methyl/N-ethyl adjacent to an activating group) is 3. The lowest BCUT2D eigenvalue weighted by Gasteiger charge is -2.38. The lowest BCUT2D eigenvalue weighted by Crippen LogP contribution is -2.48. The summed E-state index contributed by atoms with van der Waals surface area (Å²) in [5, 5.41) is 14.4. The van der Waals surface area contributed by atoms with E-state index in [2.05, 4.69) is 114 Å². The van der Waals surface area contributed by atoms with Crippen molar-refractivity contribution < 1.29 is 33.4 Å². The number of benzene rings is 6. The van der Waals surface area contributed by atoms with Gasteiger partial charge in [0, 0.05) is 169 Å². The number of carbonyl (C=O) groups excluding carboxylic acids is 4. The Morgan fingerprint density at radius 3 is 1.26 bits per heavy atom. The van der Waals surface area contributed by atoms with E-state index in [0.717, 1.165) is 162 Å². The number of nitrogens with one attached hydrogen (secondary N) is 3. The highest BCUT2D eigenvalue weighted by molar-refractivity contribution is 6.13. The topological polar surface area (TPSA) is 295 Å². The van der Waals surface area contributed by atoms with Gasteiger partial charge in [0.15, 0.2) is 17.5 Å². The Bertz CT molecular complexity index is 6000. The fraction of sp³-hybridized carbons (Fsp3) is 0.330. The van der Waals surface area contributed by atoms with E-state index in [4.69, 9.17) is 29.2 Å². The van der Waals surface area contributed by atoms with Crippen LogP contribution < -0.4 is 69.4 Å². The zero-order valence-corrected chi connectivity index (χ0v) is 76.3. The van der Waals surface area contributed by atoms with Crippen LogP contribution in [0.3, 0.4) is 0 Å². The minimum Gasteiger partial charge on any atom is -0.495 e. The van der Waals surface area contributed by atoms with Crippen molar-refractivity contribution in [2.45, 2.75) is 81.2 Å². The maximum absolute atomic E-state index is 14.6. The number of hydrogen-bond donors (Lipinski definition) is 3. The number of piperazine rings is 3. The van der Waals surface area contributed by atoms with Crippen molar-refractivity contribution in [2.24, 2.45) is 0 Å². The monoisotopic (exact) mass is 1750 g/mol. The van der Waals surface area contributed by atoms with Crippen LogP contribution in [0, 0.1) is 41.5 Å². The standard InChI is InChI=1S/C34H42N10O3.C32H36N8O2.C31H34N8O2/c1-23-8-7-9-24(2)31(23)43-21-26-19-35-33(37-27-20-36-42(22-27)17-12-39(4)5)38-32(26)44(34(43)46)29-11-10-28(18-30(29)47-6)41-15-13-40(14-16-41)25(3)45;1-22-6-5-7-23(2)29(22)39-21-25-18-34-31(36-30(25)40(32(39)41)28-13-12-27(42-4)19-33-28)35-26-10-8-24(9-11-26)20-38-16-14-37(3)15-17-38;1-21-6-5-7-22(2)28(21)38-20-23-18-33-30(34-24-8-10-25(11-9-24)37-16-14-36(3)15-17-37)35-29(23)39(31(38)40)27-13-12-26(41-4)19-32-27/h7-11,18-20,22H,12-17,21H2,1-6H3,(H,35,37,38);5-13,18-19H,14-17,20-21H2,1-4H3,(H,34,35,36);5-13,18-19H,14-17,20H2,1-4H3,(H,33,34,35). The van der Waals surface area contributed by atoms with E-state index in [0.29, 0.717) is 116 Å². The Morgan fingerprint density at radius 2 is 0.838 bits per heavy atom. The third-order valence-electron chi connectivity index (χ3n) is 24.3. The van der Waals surface area contributed by atoms with Gasteiger partial charge in [0.05, 0.1) is 94.5 Å². The van der Waals surface area contributed by atoms with E-state index < -0.39 is 0 Å². The molecule has 33 nitrogen and oxygen atoms in total. The molecule has 3 N–H and O–H groups in total. The SMILES string of the molecule is COc1cc(N2CCN(C(C)=O)CC2)ccc1N1C(=O)N(c2c(C)cccc2C)Cc2cnc(Nc3cnn(CCN(C)C)c3)nc21.COc1ccc(N2C(=O)N(c3c(C)cccc3C)Cc3cnc(Nc4ccc(CN5CCN(C)CC5)cc4)nc32)nc1.COc1ccc(N2C(=O)N(c3c(C)cccc3C)Cc3cnc(Nc4ccc(N5CCN(C)CC5)cc4)nc32)nc1. The molecule has 12 aromatic rings. The fourth-order valence-corrected chi connectivity index (χ4v) is 17.1. The number of aromatic nitrogens is 10. The second kappa shape index (κ2) is 39.5. The smallest absolute Gasteiger partial charge is 0.336 e. The molecule has 130 heavy (non-hydrogen) atoms. The number of ether oxygens (including phenoxy) is 3. The van der Waals surface area contributed by atoms with Crippen molar-refractivity contribution in [3.63, 3.8) is 0 Å². The zero-order valence-electron chi connectivity index (χ0n) is 76.3. The molecule has 12 heterocycles. The molecule has 0 aliphatic carbocycles. The van der Waals surface area contributed by atoms with Crippen LogP contribution in [-0.4, -0.2) is 233 Å². The van der Waals surface area contributed by atoms with Crippen LogP contribution in [0.2, 0.25) is 0 Å². The summed E-state index contributed by atoms with van der Waals surface area (Å²) in [5.74, 6) is 5.40. The van der Waals surface area contributed by atoms with Crippen LogP contribution in [0.4, 0.5) is 113 Å². The number of carbonyl (C=O) groups is 4. The van der Waals surface area contributed by atoms with Crippen molar-refractivity contribution in [1.29, 1.82) is 0 Å². The van der Waals surface area contributed by atoms with Gasteiger partial charge in [-0.3, -0.25) is 29.1 Å². The molecular formula is C97H112N26O7. The summed E-state index contributed by atoms with van der Waals surface area (Å²) in [6, 6.07) is 47.0. The van der Waals surface area contributed by atoms with Gasteiger partial charge in [-0.05, 0) is 181 Å². The first-order valence-electron chi connectivity index (χ1n) is 43.7. The first kappa shape index (κ1) is 89.0. The Hall–Kier alpha value is -14.4. The molecule has 6 aliphatic rings. The molecule has 0 atom stereocenters. The van der Waals surface area contributed by atoms with Crippen LogP contribution in [0.1, 0.15) is 62.6 Å². The van der Waals surface area contributed by atoms with E-state index >= 15 is 0 Å². The summed E-state index contributed by atoms with van der Waals surface area (Å²) in [6.45, 7) is 28.5. The second-order valence-electron chi connectivity index (χ2n) is 33.7. The van der Waals surface area contributed by atoms with Crippen LogP contribution in [-0.2, 0) is 37.5 Å². The molecular weight excluding hydrogens is 1640 g/mol. The number of hydrogen-bond acceptors (Lipinski definition) is 25. The van der Waals surface area contributed by atoms with Gasteiger partial charge in [0.25, 0.3) is 0 Å². The Kier molecular flexibility index (Phi) is 27.0. The first-order chi connectivity index (χ1) is 62.9. The van der Waals surface area contributed by atoms with Crippen LogP contribution in [0.25, 0.3) is 0 Å². The molecule has 7 amide bonds. The third kappa shape index (κ3) is 19.8. The van der Waals surface area contributed by atoms with Gasteiger partial charge in [-0.1, -0.05) is 66.7 Å². The van der Waals surface area contributed by atoms with Crippen molar-refractivity contribution in [3.8, 4) is 17.2 Å². The number of anilines is 17. The molecule has 3 fully saturated rings. The number of fused-ring (bicyclic) bond motifs is 3. The number of aryl methyl sites for hydroxylation is 6. The average Bonchev–Trinajstić information content (AvgIpc) is 0.803. The normalized spacial score (nSPS) is 15.5. The van der Waals surface area contributed by atoms with Gasteiger partial charge in [-0.25, -0.2) is 54.0 Å². The molecule has 0 unspecified atom stereocenters. The van der Waals surface area contributed by atoms with Crippen LogP contribution >= 0.6 is 0 Å². The molecule has 0 radical (unpaired) electrons. The molecule has 3 saturated heterocycles. The first-order valence-corrected chi connectivity index (χ1v) is 43.7. The number of rotatable bonds is 22. The molecule has 18 rings (SSSR count). The highest BCUT2D eigenvalue weighted by atomic mass is 16.5. The van der Waals surface area contributed by atoms with Crippen molar-refractivity contribution >= 4 is 122 Å². The fourth-order valence-electron chi connectivity index (χ4n) is 17.1. The number of urea groups is 3. The van der Waals surface area contributed by atoms with Crippen LogP contribution in [0.15, 0.2) is 189 Å². The maximum Gasteiger partial charge on any atom is 0.336 e. The summed E-state index contributed by atoms with van der Waals surface area (Å²) in [5.41, 5.74) is 17.6. The predicted molar refractivity (Wildman–Crippen MR) is 510 cm³/mol. The molecule has 0 saturated carbocycles. The van der Waals surface area contributed by atoms with Crippen molar-refractivity contribution in [2.75, 3.05) is 190 Å². The number of nitrogens with zero attached hydrogens (tertiary/aromatic N) is 23. The van der Waals surface area contributed by atoms with E-state index in [1.165, 1.54) is 11.3 Å². The van der Waals surface area contributed by atoms with E-state index in [1.807, 2.05) is 168 Å². The summed E-state index contributed by atoms with van der Waals surface area (Å²) < 4.78 is 18.4. The average molecular weight is 1750 g/mol. The Morgan fingerprint density at radius 1 is 0.431 bits per heavy atom. The van der Waals surface area contributed by atoms with E-state index in [-0.39, 0.29) is 24.0 Å². The molecule has 0 spiro atoms. The van der Waals surface area contributed by atoms with Crippen LogP contribution in [0.5, 0.6) is 17.2 Å². The number of methoxy groups -OCH3 is 3. The highest BCUT2D eigenvalue weighted by Crippen LogP contribution is 2.45. The molecule has 33 heteroatoms. The summed E-state index contributed by atoms with van der Waals surface area (Å²) in [4.78, 5) is 118. The van der Waals surface area contributed by atoms with Gasteiger partial charge < -0.3 is 59.6 Å². The molecule has 6 aromatic heterocycles. The summed E-state index contributed by atoms with van der Waals surface area (Å²) in [6.07, 6.45) is 12.2. The lowest BCUT2D eigenvalue weighted by atomic mass is 10.1. The van der Waals surface area contributed by atoms with Gasteiger partial charge in [0.1, 0.15) is 28.9 Å². The predicted octanol–water partition coefficient (Wildman–Crippen LogP) is 15.1. The molecule has 0 bridgehead atoms. The third-order valence-corrected chi connectivity index (χ3v) is 24.3. The molecule has 6 aromatic carbocycles. The van der Waals surface area contributed by atoms with E-state index in [9.17, 15) is 19.2 Å². The number of amides is 7. The van der Waals surface area contributed by atoms with Gasteiger partial charge in [0.2, 0.25) is 23.8 Å². The number of para-hydroxylation sites is 3. The Balaban J connectivity index is 0.000000143. The van der Waals surface area contributed by atoms with Crippen molar-refractivity contribution in [1.82, 2.24) is 74.2 Å².